The van der Waals surface area contributed by atoms with E-state index in [-0.39, 0.29) is 11.5 Å². The molecule has 1 aliphatic rings. The third-order valence-corrected chi connectivity index (χ3v) is 3.36. The van der Waals surface area contributed by atoms with Gasteiger partial charge in [0.1, 0.15) is 0 Å². The highest BCUT2D eigenvalue weighted by molar-refractivity contribution is 5.95. The molecule has 0 aromatic carbocycles. The van der Waals surface area contributed by atoms with E-state index in [4.69, 9.17) is 5.84 Å². The average molecular weight is 265 g/mol. The van der Waals surface area contributed by atoms with E-state index in [2.05, 4.69) is 20.3 Å². The number of aromatic amines is 1. The van der Waals surface area contributed by atoms with Crippen LogP contribution in [0.15, 0.2) is 16.7 Å². The Morgan fingerprint density at radius 2 is 2.26 bits per heavy atom. The molecule has 8 nitrogen and oxygen atoms in total. The van der Waals surface area contributed by atoms with E-state index < -0.39 is 5.91 Å². The summed E-state index contributed by atoms with van der Waals surface area (Å²) in [4.78, 5) is 18.0. The standard InChI is InChI=1S/C11H19N7O/c1-18(8-5-3-2-4-6-8)17-16-10-9(11(19)15-12)13-7-14-10/h7-8H,2-6,12H2,1H3,(H,13,14)(H,15,19)/b17-16+. The molecule has 4 N–H and O–H groups in total. The fraction of sp³-hybridized carbons (Fsp3) is 0.636. The molecular weight excluding hydrogens is 246 g/mol. The van der Waals surface area contributed by atoms with Crippen LogP contribution < -0.4 is 11.3 Å². The number of H-pyrrole nitrogens is 1. The summed E-state index contributed by atoms with van der Waals surface area (Å²) in [5.41, 5.74) is 2.24. The van der Waals surface area contributed by atoms with Gasteiger partial charge < -0.3 is 4.98 Å². The summed E-state index contributed by atoms with van der Waals surface area (Å²) in [6.07, 6.45) is 7.40. The normalized spacial score (nSPS) is 16.7. The largest absolute Gasteiger partial charge is 0.339 e. The van der Waals surface area contributed by atoms with Crippen molar-refractivity contribution >= 4 is 11.7 Å². The first-order valence-corrected chi connectivity index (χ1v) is 6.41. The van der Waals surface area contributed by atoms with Gasteiger partial charge in [0.2, 0.25) is 5.82 Å². The Labute approximate surface area is 111 Å². The van der Waals surface area contributed by atoms with Gasteiger partial charge in [-0.25, -0.2) is 10.8 Å². The van der Waals surface area contributed by atoms with E-state index in [0.717, 1.165) is 12.8 Å². The van der Waals surface area contributed by atoms with Crippen molar-refractivity contribution in [1.29, 1.82) is 0 Å². The first kappa shape index (κ1) is 13.5. The third kappa shape index (κ3) is 3.28. The lowest BCUT2D eigenvalue weighted by atomic mass is 9.95. The van der Waals surface area contributed by atoms with Crippen LogP contribution in [0, 0.1) is 0 Å². The lowest BCUT2D eigenvalue weighted by molar-refractivity contribution is 0.0949. The number of amides is 1. The Hall–Kier alpha value is -1.96. The molecule has 0 saturated heterocycles. The highest BCUT2D eigenvalue weighted by Crippen LogP contribution is 2.22. The van der Waals surface area contributed by atoms with Crippen LogP contribution in [0.25, 0.3) is 0 Å². The molecule has 0 bridgehead atoms. The van der Waals surface area contributed by atoms with Crippen molar-refractivity contribution in [2.75, 3.05) is 7.05 Å². The smallest absolute Gasteiger partial charge is 0.285 e. The van der Waals surface area contributed by atoms with Gasteiger partial charge in [0.05, 0.1) is 6.33 Å². The van der Waals surface area contributed by atoms with Gasteiger partial charge in [-0.1, -0.05) is 24.5 Å². The minimum Gasteiger partial charge on any atom is -0.339 e. The van der Waals surface area contributed by atoms with Gasteiger partial charge in [-0.2, -0.15) is 0 Å². The molecule has 1 amide bonds. The summed E-state index contributed by atoms with van der Waals surface area (Å²) in [7, 11) is 1.90. The zero-order valence-electron chi connectivity index (χ0n) is 11.0. The van der Waals surface area contributed by atoms with Gasteiger partial charge in [-0.05, 0) is 12.8 Å². The van der Waals surface area contributed by atoms with Gasteiger partial charge in [-0.3, -0.25) is 15.2 Å². The highest BCUT2D eigenvalue weighted by atomic mass is 16.2. The Bertz CT molecular complexity index is 450. The third-order valence-electron chi connectivity index (χ3n) is 3.36. The lowest BCUT2D eigenvalue weighted by Gasteiger charge is -2.27. The van der Waals surface area contributed by atoms with Crippen molar-refractivity contribution in [2.45, 2.75) is 38.1 Å². The number of carbonyl (C=O) groups is 1. The van der Waals surface area contributed by atoms with Crippen LogP contribution in [0.2, 0.25) is 0 Å². The number of imidazole rings is 1. The second-order valence-corrected chi connectivity index (χ2v) is 4.63. The monoisotopic (exact) mass is 265 g/mol. The van der Waals surface area contributed by atoms with E-state index in [1.54, 1.807) is 0 Å². The van der Waals surface area contributed by atoms with Gasteiger partial charge in [0.25, 0.3) is 5.91 Å². The Kier molecular flexibility index (Phi) is 4.45. The number of hydrazine groups is 1. The number of hydrogen-bond acceptors (Lipinski definition) is 5. The average Bonchev–Trinajstić information content (AvgIpc) is 2.93. The molecule has 1 aromatic rings. The van der Waals surface area contributed by atoms with Crippen LogP contribution in [0.4, 0.5) is 5.82 Å². The van der Waals surface area contributed by atoms with Crippen molar-refractivity contribution in [2.24, 2.45) is 16.2 Å². The molecule has 0 unspecified atom stereocenters. The van der Waals surface area contributed by atoms with Gasteiger partial charge >= 0.3 is 0 Å². The molecule has 0 spiro atoms. The van der Waals surface area contributed by atoms with Crippen molar-refractivity contribution < 1.29 is 4.79 Å². The number of nitrogens with zero attached hydrogens (tertiary/aromatic N) is 4. The minimum atomic E-state index is -0.466. The van der Waals surface area contributed by atoms with Gasteiger partial charge in [0.15, 0.2) is 5.69 Å². The summed E-state index contributed by atoms with van der Waals surface area (Å²) in [5, 5.41) is 9.97. The molecule has 19 heavy (non-hydrogen) atoms. The molecule has 0 atom stereocenters. The zero-order chi connectivity index (χ0) is 13.7. The minimum absolute atomic E-state index is 0.211. The molecule has 0 aliphatic heterocycles. The maximum Gasteiger partial charge on any atom is 0.285 e. The van der Waals surface area contributed by atoms with Crippen LogP contribution in [0.3, 0.4) is 0 Å². The molecule has 1 fully saturated rings. The number of nitrogens with one attached hydrogen (secondary N) is 2. The van der Waals surface area contributed by atoms with Crippen LogP contribution in [-0.4, -0.2) is 34.0 Å². The topological polar surface area (TPSA) is 112 Å². The summed E-state index contributed by atoms with van der Waals surface area (Å²) < 4.78 is 0. The molecule has 8 heteroatoms. The molecular formula is C11H19N7O. The van der Waals surface area contributed by atoms with E-state index in [9.17, 15) is 4.79 Å². The number of hydrogen-bond donors (Lipinski definition) is 3. The quantitative estimate of drug-likeness (QED) is 0.329. The first-order chi connectivity index (χ1) is 9.22. The maximum atomic E-state index is 11.4. The maximum absolute atomic E-state index is 11.4. The first-order valence-electron chi connectivity index (χ1n) is 6.41. The van der Waals surface area contributed by atoms with E-state index >= 15 is 0 Å². The predicted molar refractivity (Wildman–Crippen MR) is 69.4 cm³/mol. The lowest BCUT2D eigenvalue weighted by Crippen LogP contribution is -2.30. The number of nitrogens with two attached hydrogens (primary N) is 1. The van der Waals surface area contributed by atoms with Crippen LogP contribution in [-0.2, 0) is 0 Å². The van der Waals surface area contributed by atoms with E-state index in [0.29, 0.717) is 6.04 Å². The molecule has 0 radical (unpaired) electrons. The van der Waals surface area contributed by atoms with E-state index in [1.807, 2.05) is 17.5 Å². The second kappa shape index (κ2) is 6.28. The van der Waals surface area contributed by atoms with Crippen molar-refractivity contribution in [3.05, 3.63) is 12.0 Å². The molecule has 2 rings (SSSR count). The summed E-state index contributed by atoms with van der Waals surface area (Å²) in [6.45, 7) is 0. The summed E-state index contributed by atoms with van der Waals surface area (Å²) in [6, 6.07) is 0.420. The fourth-order valence-electron chi connectivity index (χ4n) is 2.24. The predicted octanol–water partition coefficient (Wildman–Crippen LogP) is 1.28. The molecule has 1 heterocycles. The molecule has 104 valence electrons. The van der Waals surface area contributed by atoms with Crippen LogP contribution in [0.5, 0.6) is 0 Å². The Morgan fingerprint density at radius 1 is 1.53 bits per heavy atom. The number of nitrogen functional groups attached to an aromatic ring is 1. The van der Waals surface area contributed by atoms with E-state index in [1.165, 1.54) is 25.6 Å². The van der Waals surface area contributed by atoms with Crippen LogP contribution >= 0.6 is 0 Å². The van der Waals surface area contributed by atoms with Crippen molar-refractivity contribution in [3.8, 4) is 0 Å². The highest BCUT2D eigenvalue weighted by Gasteiger charge is 2.18. The van der Waals surface area contributed by atoms with Crippen molar-refractivity contribution in [1.82, 2.24) is 20.4 Å². The SMILES string of the molecule is CN(/N=N/c1nc[nH]c1C(=O)NN)C1CCCCC1. The Morgan fingerprint density at radius 3 is 2.95 bits per heavy atom. The van der Waals surface area contributed by atoms with Gasteiger partial charge in [-0.15, -0.1) is 5.11 Å². The fourth-order valence-corrected chi connectivity index (χ4v) is 2.24. The summed E-state index contributed by atoms with van der Waals surface area (Å²) in [5.74, 6) is 4.85. The Balaban J connectivity index is 2.01. The number of aromatic nitrogens is 2. The number of carbonyl (C=O) groups excluding carboxylic acids is 1. The zero-order valence-corrected chi connectivity index (χ0v) is 11.0. The van der Waals surface area contributed by atoms with Gasteiger partial charge in [0, 0.05) is 13.1 Å². The van der Waals surface area contributed by atoms with Crippen LogP contribution in [0.1, 0.15) is 42.6 Å². The molecule has 1 aromatic heterocycles. The second-order valence-electron chi connectivity index (χ2n) is 4.63. The molecule has 1 aliphatic carbocycles. The number of rotatable bonds is 4. The van der Waals surface area contributed by atoms with Crippen molar-refractivity contribution in [3.63, 3.8) is 0 Å². The summed E-state index contributed by atoms with van der Waals surface area (Å²) >= 11 is 0. The molecule has 1 saturated carbocycles.